The first-order valence-electron chi connectivity index (χ1n) is 6.52. The van der Waals surface area contributed by atoms with E-state index in [-0.39, 0.29) is 0 Å². The molecule has 1 saturated heterocycles. The summed E-state index contributed by atoms with van der Waals surface area (Å²) in [5.74, 6) is 1.95. The van der Waals surface area contributed by atoms with Gasteiger partial charge in [-0.3, -0.25) is 0 Å². The topological polar surface area (TPSA) is 49.8 Å². The van der Waals surface area contributed by atoms with E-state index >= 15 is 0 Å². The Morgan fingerprint density at radius 3 is 2.82 bits per heavy atom. The molecule has 1 aliphatic heterocycles. The largest absolute Gasteiger partial charge is 0.366 e. The summed E-state index contributed by atoms with van der Waals surface area (Å²) < 4.78 is 0. The molecule has 2 N–H and O–H groups in total. The van der Waals surface area contributed by atoms with Crippen molar-refractivity contribution in [3.05, 3.63) is 17.1 Å². The zero-order chi connectivity index (χ0) is 12.3. The summed E-state index contributed by atoms with van der Waals surface area (Å²) >= 11 is 0. The van der Waals surface area contributed by atoms with Gasteiger partial charge in [-0.25, -0.2) is 9.97 Å². The Kier molecular flexibility index (Phi) is 3.94. The molecule has 0 radical (unpaired) electrons. The van der Waals surface area contributed by atoms with E-state index in [4.69, 9.17) is 0 Å². The molecule has 1 aliphatic rings. The molecule has 0 bridgehead atoms. The number of rotatable bonds is 3. The standard InChI is InChI=1S/C13H22N4/c1-4-12-15-10(3)9(2)13(17-12)16-11-6-5-7-14-8-11/h11,14H,4-8H2,1-3H3,(H,15,16,17). The van der Waals surface area contributed by atoms with Crippen LogP contribution in [0, 0.1) is 13.8 Å². The van der Waals surface area contributed by atoms with Gasteiger partial charge in [0.15, 0.2) is 0 Å². The van der Waals surface area contributed by atoms with Crippen molar-refractivity contribution in [1.29, 1.82) is 0 Å². The number of nitrogens with zero attached hydrogens (tertiary/aromatic N) is 2. The van der Waals surface area contributed by atoms with Crippen LogP contribution < -0.4 is 10.6 Å². The highest BCUT2D eigenvalue weighted by Gasteiger charge is 2.15. The van der Waals surface area contributed by atoms with Gasteiger partial charge in [0.25, 0.3) is 0 Å². The molecule has 1 fully saturated rings. The van der Waals surface area contributed by atoms with Gasteiger partial charge < -0.3 is 10.6 Å². The van der Waals surface area contributed by atoms with Gasteiger partial charge in [-0.15, -0.1) is 0 Å². The Labute approximate surface area is 103 Å². The number of anilines is 1. The molecule has 2 heterocycles. The Morgan fingerprint density at radius 2 is 2.18 bits per heavy atom. The van der Waals surface area contributed by atoms with Crippen LogP contribution in [0.4, 0.5) is 5.82 Å². The number of aromatic nitrogens is 2. The smallest absolute Gasteiger partial charge is 0.133 e. The third-order valence-electron chi connectivity index (χ3n) is 3.39. The first-order valence-corrected chi connectivity index (χ1v) is 6.52. The Morgan fingerprint density at radius 1 is 1.35 bits per heavy atom. The fourth-order valence-electron chi connectivity index (χ4n) is 2.15. The molecule has 0 aliphatic carbocycles. The van der Waals surface area contributed by atoms with Crippen molar-refractivity contribution in [3.63, 3.8) is 0 Å². The van der Waals surface area contributed by atoms with Crippen molar-refractivity contribution in [2.75, 3.05) is 18.4 Å². The van der Waals surface area contributed by atoms with Crippen LogP contribution in [-0.2, 0) is 6.42 Å². The lowest BCUT2D eigenvalue weighted by Crippen LogP contribution is -2.38. The fraction of sp³-hybridized carbons (Fsp3) is 0.692. The first kappa shape index (κ1) is 12.3. The molecule has 0 amide bonds. The highest BCUT2D eigenvalue weighted by atomic mass is 15.1. The number of aryl methyl sites for hydroxylation is 2. The van der Waals surface area contributed by atoms with Gasteiger partial charge in [0, 0.05) is 30.3 Å². The van der Waals surface area contributed by atoms with E-state index in [1.807, 2.05) is 0 Å². The number of piperidine rings is 1. The van der Waals surface area contributed by atoms with Crippen LogP contribution in [0.1, 0.15) is 36.8 Å². The maximum Gasteiger partial charge on any atom is 0.133 e. The Balaban J connectivity index is 2.15. The van der Waals surface area contributed by atoms with Gasteiger partial charge in [-0.2, -0.15) is 0 Å². The summed E-state index contributed by atoms with van der Waals surface area (Å²) in [6.45, 7) is 8.41. The first-order chi connectivity index (χ1) is 8.20. The number of hydrogen-bond donors (Lipinski definition) is 2. The molecule has 2 rings (SSSR count). The van der Waals surface area contributed by atoms with Crippen LogP contribution in [0.15, 0.2) is 0 Å². The maximum absolute atomic E-state index is 4.60. The normalized spacial score (nSPS) is 20.3. The highest BCUT2D eigenvalue weighted by molar-refractivity contribution is 5.46. The number of nitrogens with one attached hydrogen (secondary N) is 2. The third kappa shape index (κ3) is 2.94. The molecule has 1 aromatic heterocycles. The molecule has 1 unspecified atom stereocenters. The second-order valence-corrected chi connectivity index (χ2v) is 4.74. The molecule has 94 valence electrons. The zero-order valence-corrected chi connectivity index (χ0v) is 11.0. The Bertz CT molecular complexity index is 383. The maximum atomic E-state index is 4.60. The van der Waals surface area contributed by atoms with Crippen LogP contribution in [0.3, 0.4) is 0 Å². The summed E-state index contributed by atoms with van der Waals surface area (Å²) in [7, 11) is 0. The average molecular weight is 234 g/mol. The summed E-state index contributed by atoms with van der Waals surface area (Å²) in [6.07, 6.45) is 3.34. The van der Waals surface area contributed by atoms with Crippen molar-refractivity contribution in [1.82, 2.24) is 15.3 Å². The van der Waals surface area contributed by atoms with Crippen molar-refractivity contribution >= 4 is 5.82 Å². The predicted molar refractivity (Wildman–Crippen MR) is 70.4 cm³/mol. The molecular weight excluding hydrogens is 212 g/mol. The third-order valence-corrected chi connectivity index (χ3v) is 3.39. The van der Waals surface area contributed by atoms with Crippen molar-refractivity contribution in [2.24, 2.45) is 0 Å². The summed E-state index contributed by atoms with van der Waals surface area (Å²) in [5.41, 5.74) is 2.26. The van der Waals surface area contributed by atoms with Gasteiger partial charge in [-0.1, -0.05) is 6.92 Å². The quantitative estimate of drug-likeness (QED) is 0.837. The monoisotopic (exact) mass is 234 g/mol. The van der Waals surface area contributed by atoms with E-state index < -0.39 is 0 Å². The van der Waals surface area contributed by atoms with Crippen molar-refractivity contribution in [2.45, 2.75) is 46.1 Å². The molecule has 4 heteroatoms. The van der Waals surface area contributed by atoms with Crippen LogP contribution in [0.2, 0.25) is 0 Å². The van der Waals surface area contributed by atoms with Gasteiger partial charge >= 0.3 is 0 Å². The molecule has 4 nitrogen and oxygen atoms in total. The summed E-state index contributed by atoms with van der Waals surface area (Å²) in [5, 5.41) is 6.96. The minimum absolute atomic E-state index is 0.501. The molecule has 1 atom stereocenters. The van der Waals surface area contributed by atoms with Crippen LogP contribution >= 0.6 is 0 Å². The van der Waals surface area contributed by atoms with E-state index in [0.29, 0.717) is 6.04 Å². The van der Waals surface area contributed by atoms with Crippen LogP contribution in [-0.4, -0.2) is 29.1 Å². The molecule has 17 heavy (non-hydrogen) atoms. The lowest BCUT2D eigenvalue weighted by Gasteiger charge is -2.25. The minimum atomic E-state index is 0.501. The van der Waals surface area contributed by atoms with E-state index in [1.54, 1.807) is 0 Å². The minimum Gasteiger partial charge on any atom is -0.366 e. The fourth-order valence-corrected chi connectivity index (χ4v) is 2.15. The second-order valence-electron chi connectivity index (χ2n) is 4.74. The molecule has 0 aromatic carbocycles. The van der Waals surface area contributed by atoms with Crippen LogP contribution in [0.25, 0.3) is 0 Å². The van der Waals surface area contributed by atoms with Gasteiger partial charge in [0.05, 0.1) is 0 Å². The lowest BCUT2D eigenvalue weighted by atomic mass is 10.1. The van der Waals surface area contributed by atoms with Gasteiger partial charge in [-0.05, 0) is 33.2 Å². The molecule has 1 aromatic rings. The zero-order valence-electron chi connectivity index (χ0n) is 11.0. The highest BCUT2D eigenvalue weighted by Crippen LogP contribution is 2.17. The molecule has 0 spiro atoms. The van der Waals surface area contributed by atoms with E-state index in [0.717, 1.165) is 36.8 Å². The molecular formula is C13H22N4. The average Bonchev–Trinajstić information content (AvgIpc) is 2.36. The second kappa shape index (κ2) is 5.45. The summed E-state index contributed by atoms with van der Waals surface area (Å²) in [4.78, 5) is 9.07. The van der Waals surface area contributed by atoms with Crippen molar-refractivity contribution in [3.8, 4) is 0 Å². The van der Waals surface area contributed by atoms with E-state index in [9.17, 15) is 0 Å². The molecule has 0 saturated carbocycles. The van der Waals surface area contributed by atoms with Gasteiger partial charge in [0.2, 0.25) is 0 Å². The van der Waals surface area contributed by atoms with E-state index in [2.05, 4.69) is 41.4 Å². The SMILES string of the molecule is CCc1nc(C)c(C)c(NC2CCCNC2)n1. The summed E-state index contributed by atoms with van der Waals surface area (Å²) in [6, 6.07) is 0.501. The Hall–Kier alpha value is -1.16. The van der Waals surface area contributed by atoms with Crippen LogP contribution in [0.5, 0.6) is 0 Å². The van der Waals surface area contributed by atoms with Crippen molar-refractivity contribution < 1.29 is 0 Å². The lowest BCUT2D eigenvalue weighted by molar-refractivity contribution is 0.478. The number of hydrogen-bond acceptors (Lipinski definition) is 4. The predicted octanol–water partition coefficient (Wildman–Crippen LogP) is 1.82. The van der Waals surface area contributed by atoms with Gasteiger partial charge in [0.1, 0.15) is 11.6 Å². The van der Waals surface area contributed by atoms with E-state index in [1.165, 1.54) is 18.4 Å².